The number of aliphatic hydroxyl groups excluding tert-OH is 1. The standard InChI is InChI=1S/C25H33N5O4.C2H6/c1-5-11-30(25-28-19-14-22(33-4)20(32)13-18(19)24(26)29-25)12-10-27-17(3)23(15-31)34-21-9-7-6-8-16(21)2;1-2/h6-9,13-14,23,27,31-32H,3,5,10-12,15H2,1-2,4H3,(H2,26,28,29);1-2H3. The van der Waals surface area contributed by atoms with Crippen molar-refractivity contribution in [2.45, 2.75) is 40.2 Å². The maximum Gasteiger partial charge on any atom is 0.227 e. The molecule has 1 aromatic heterocycles. The van der Waals surface area contributed by atoms with Crippen molar-refractivity contribution in [3.63, 3.8) is 0 Å². The van der Waals surface area contributed by atoms with E-state index in [2.05, 4.69) is 28.8 Å². The number of aromatic hydroxyl groups is 1. The average molecular weight is 498 g/mol. The molecule has 0 spiro atoms. The van der Waals surface area contributed by atoms with Gasteiger partial charge in [0.2, 0.25) is 5.95 Å². The number of aliphatic hydroxyl groups is 1. The maximum absolute atomic E-state index is 10.0. The van der Waals surface area contributed by atoms with Gasteiger partial charge in [0.15, 0.2) is 17.6 Å². The van der Waals surface area contributed by atoms with E-state index in [1.54, 1.807) is 6.07 Å². The third kappa shape index (κ3) is 7.14. The van der Waals surface area contributed by atoms with Crippen molar-refractivity contribution in [3.8, 4) is 17.2 Å². The first kappa shape index (κ1) is 28.5. The third-order valence-electron chi connectivity index (χ3n) is 5.44. The minimum atomic E-state index is -0.576. The summed E-state index contributed by atoms with van der Waals surface area (Å²) in [4.78, 5) is 11.1. The van der Waals surface area contributed by atoms with Gasteiger partial charge in [-0.25, -0.2) is 4.98 Å². The van der Waals surface area contributed by atoms with Crippen LogP contribution >= 0.6 is 0 Å². The smallest absolute Gasteiger partial charge is 0.227 e. The van der Waals surface area contributed by atoms with Crippen molar-refractivity contribution in [1.29, 1.82) is 0 Å². The van der Waals surface area contributed by atoms with Crippen LogP contribution in [0.5, 0.6) is 17.2 Å². The molecule has 1 atom stereocenters. The molecule has 0 amide bonds. The number of fused-ring (bicyclic) bond motifs is 1. The summed E-state index contributed by atoms with van der Waals surface area (Å²) in [6, 6.07) is 10.8. The number of methoxy groups -OCH3 is 1. The number of nitrogens with two attached hydrogens (primary N) is 1. The molecule has 36 heavy (non-hydrogen) atoms. The fraction of sp³-hybridized carbons (Fsp3) is 0.407. The van der Waals surface area contributed by atoms with E-state index in [-0.39, 0.29) is 18.2 Å². The molecule has 0 saturated carbocycles. The number of para-hydroxylation sites is 1. The Balaban J connectivity index is 0.00000222. The van der Waals surface area contributed by atoms with Crippen molar-refractivity contribution in [1.82, 2.24) is 15.3 Å². The summed E-state index contributed by atoms with van der Waals surface area (Å²) in [6.45, 7) is 13.7. The van der Waals surface area contributed by atoms with E-state index >= 15 is 0 Å². The Morgan fingerprint density at radius 2 is 1.89 bits per heavy atom. The van der Waals surface area contributed by atoms with Gasteiger partial charge in [0.1, 0.15) is 11.6 Å². The Bertz CT molecular complexity index is 1140. The summed E-state index contributed by atoms with van der Waals surface area (Å²) in [5.74, 6) is 1.78. The van der Waals surface area contributed by atoms with Crippen LogP contribution in [0.25, 0.3) is 10.9 Å². The second-order valence-electron chi connectivity index (χ2n) is 7.94. The van der Waals surface area contributed by atoms with E-state index in [1.165, 1.54) is 13.2 Å². The van der Waals surface area contributed by atoms with E-state index in [9.17, 15) is 10.2 Å². The fourth-order valence-electron chi connectivity index (χ4n) is 3.57. The molecule has 1 heterocycles. The van der Waals surface area contributed by atoms with Gasteiger partial charge in [-0.1, -0.05) is 45.5 Å². The first-order chi connectivity index (χ1) is 17.4. The number of ether oxygens (including phenoxy) is 2. The van der Waals surface area contributed by atoms with Crippen LogP contribution in [0.3, 0.4) is 0 Å². The minimum Gasteiger partial charge on any atom is -0.504 e. The number of aromatic nitrogens is 2. The first-order valence-corrected chi connectivity index (χ1v) is 12.2. The Labute approximate surface area is 213 Å². The topological polar surface area (TPSA) is 126 Å². The fourth-order valence-corrected chi connectivity index (χ4v) is 3.57. The SMILES string of the molecule is C=C(NCCN(CCC)c1nc(N)c2cc(O)c(OC)cc2n1)C(CO)Oc1ccccc1C.CC. The number of anilines is 2. The average Bonchev–Trinajstić information content (AvgIpc) is 2.88. The number of hydrogen-bond acceptors (Lipinski definition) is 9. The van der Waals surface area contributed by atoms with Gasteiger partial charge in [-0.15, -0.1) is 0 Å². The molecule has 0 radical (unpaired) electrons. The van der Waals surface area contributed by atoms with Crippen LogP contribution in [0.4, 0.5) is 11.8 Å². The van der Waals surface area contributed by atoms with E-state index < -0.39 is 6.10 Å². The molecule has 1 unspecified atom stereocenters. The molecule has 9 heteroatoms. The zero-order chi connectivity index (χ0) is 26.7. The van der Waals surface area contributed by atoms with Gasteiger partial charge in [-0.3, -0.25) is 0 Å². The number of phenolic OH excluding ortho intramolecular Hbond substituents is 1. The van der Waals surface area contributed by atoms with E-state index in [0.717, 1.165) is 18.5 Å². The van der Waals surface area contributed by atoms with E-state index in [0.29, 0.717) is 47.1 Å². The molecule has 0 aliphatic rings. The lowest BCUT2D eigenvalue weighted by atomic mass is 10.2. The zero-order valence-corrected chi connectivity index (χ0v) is 21.9. The lowest BCUT2D eigenvalue weighted by Crippen LogP contribution is -2.37. The molecule has 0 saturated heterocycles. The summed E-state index contributed by atoms with van der Waals surface area (Å²) in [5.41, 5.74) is 8.32. The summed E-state index contributed by atoms with van der Waals surface area (Å²) < 4.78 is 11.1. The van der Waals surface area contributed by atoms with Crippen LogP contribution in [0.1, 0.15) is 32.8 Å². The summed E-state index contributed by atoms with van der Waals surface area (Å²) in [7, 11) is 1.48. The van der Waals surface area contributed by atoms with Crippen molar-refractivity contribution in [2.24, 2.45) is 0 Å². The lowest BCUT2D eigenvalue weighted by molar-refractivity contribution is 0.136. The molecule has 3 aromatic rings. The van der Waals surface area contributed by atoms with Crippen LogP contribution in [-0.2, 0) is 0 Å². The maximum atomic E-state index is 10.0. The monoisotopic (exact) mass is 497 g/mol. The predicted molar refractivity (Wildman–Crippen MR) is 146 cm³/mol. The van der Waals surface area contributed by atoms with E-state index in [4.69, 9.17) is 15.2 Å². The van der Waals surface area contributed by atoms with Crippen molar-refractivity contribution in [3.05, 3.63) is 54.2 Å². The zero-order valence-electron chi connectivity index (χ0n) is 21.9. The van der Waals surface area contributed by atoms with Gasteiger partial charge in [0.05, 0.1) is 19.2 Å². The summed E-state index contributed by atoms with van der Waals surface area (Å²) in [5, 5.41) is 23.7. The number of phenols is 1. The number of rotatable bonds is 12. The normalized spacial score (nSPS) is 11.3. The van der Waals surface area contributed by atoms with Gasteiger partial charge >= 0.3 is 0 Å². The molecule has 0 bridgehead atoms. The quantitative estimate of drug-likeness (QED) is 0.293. The summed E-state index contributed by atoms with van der Waals surface area (Å²) in [6.07, 6.45) is 0.310. The highest BCUT2D eigenvalue weighted by atomic mass is 16.5. The Morgan fingerprint density at radius 3 is 2.53 bits per heavy atom. The Kier molecular flexibility index (Phi) is 11.1. The number of aryl methyl sites for hydroxylation is 1. The number of nitrogens with zero attached hydrogens (tertiary/aromatic N) is 3. The molecule has 0 aliphatic carbocycles. The number of benzene rings is 2. The third-order valence-corrected chi connectivity index (χ3v) is 5.44. The van der Waals surface area contributed by atoms with Crippen LogP contribution in [-0.4, -0.2) is 59.6 Å². The molecule has 196 valence electrons. The highest BCUT2D eigenvalue weighted by molar-refractivity contribution is 5.91. The molecule has 0 aliphatic heterocycles. The van der Waals surface area contributed by atoms with Gasteiger partial charge in [-0.2, -0.15) is 4.98 Å². The first-order valence-electron chi connectivity index (χ1n) is 12.2. The highest BCUT2D eigenvalue weighted by Gasteiger charge is 2.17. The Hall–Kier alpha value is -3.72. The number of nitrogen functional groups attached to an aromatic ring is 1. The van der Waals surface area contributed by atoms with Gasteiger partial charge in [0.25, 0.3) is 0 Å². The van der Waals surface area contributed by atoms with Gasteiger partial charge in [0, 0.05) is 36.8 Å². The highest BCUT2D eigenvalue weighted by Crippen LogP contribution is 2.33. The van der Waals surface area contributed by atoms with Crippen LogP contribution < -0.4 is 25.4 Å². The van der Waals surface area contributed by atoms with Crippen LogP contribution in [0, 0.1) is 6.92 Å². The molecule has 9 nitrogen and oxygen atoms in total. The summed E-state index contributed by atoms with van der Waals surface area (Å²) >= 11 is 0. The molecule has 5 N–H and O–H groups in total. The molecule has 0 fully saturated rings. The number of hydrogen-bond donors (Lipinski definition) is 4. The molecule has 3 rings (SSSR count). The lowest BCUT2D eigenvalue weighted by Gasteiger charge is -2.25. The van der Waals surface area contributed by atoms with Crippen molar-refractivity contribution in [2.75, 3.05) is 44.0 Å². The van der Waals surface area contributed by atoms with E-state index in [1.807, 2.05) is 49.9 Å². The van der Waals surface area contributed by atoms with Gasteiger partial charge in [-0.05, 0) is 31.0 Å². The molecular weight excluding hydrogens is 458 g/mol. The largest absolute Gasteiger partial charge is 0.504 e. The second kappa shape index (κ2) is 14.0. The molecule has 2 aromatic carbocycles. The predicted octanol–water partition coefficient (Wildman–Crippen LogP) is 4.02. The van der Waals surface area contributed by atoms with Crippen molar-refractivity contribution >= 4 is 22.7 Å². The Morgan fingerprint density at radius 1 is 1.17 bits per heavy atom. The van der Waals surface area contributed by atoms with Crippen LogP contribution in [0.2, 0.25) is 0 Å². The minimum absolute atomic E-state index is 0.0162. The van der Waals surface area contributed by atoms with Gasteiger partial charge < -0.3 is 35.6 Å². The van der Waals surface area contributed by atoms with Crippen LogP contribution in [0.15, 0.2) is 48.7 Å². The number of nitrogens with one attached hydrogen (secondary N) is 1. The van der Waals surface area contributed by atoms with Crippen molar-refractivity contribution < 1.29 is 19.7 Å². The second-order valence-corrected chi connectivity index (χ2v) is 7.94. The molecular formula is C27H39N5O4.